The van der Waals surface area contributed by atoms with Crippen molar-refractivity contribution in [1.29, 1.82) is 0 Å². The molecule has 2 N–H and O–H groups in total. The molecular weight excluding hydrogens is 274 g/mol. The molecule has 0 aliphatic rings. The summed E-state index contributed by atoms with van der Waals surface area (Å²) in [7, 11) is 0. The molecule has 0 saturated carbocycles. The van der Waals surface area contributed by atoms with E-state index in [0.29, 0.717) is 27.9 Å². The van der Waals surface area contributed by atoms with E-state index in [1.807, 2.05) is 0 Å². The van der Waals surface area contributed by atoms with Gasteiger partial charge >= 0.3 is 0 Å². The average Bonchev–Trinajstić information content (AvgIpc) is 2.47. The smallest absolute Gasteiger partial charge is 0.189 e. The predicted octanol–water partition coefficient (Wildman–Crippen LogP) is 4.20. The van der Waals surface area contributed by atoms with Crippen molar-refractivity contribution >= 4 is 16.6 Å². The van der Waals surface area contributed by atoms with Gasteiger partial charge in [-0.2, -0.15) is 0 Å². The lowest BCUT2D eigenvalue weighted by Gasteiger charge is -2.11. The average molecular weight is 286 g/mol. The minimum atomic E-state index is -0.610. The van der Waals surface area contributed by atoms with Crippen molar-refractivity contribution < 1.29 is 13.5 Å². The molecule has 5 heteroatoms. The van der Waals surface area contributed by atoms with E-state index in [1.165, 1.54) is 30.5 Å². The Balaban J connectivity index is 2.14. The molecule has 0 aliphatic heterocycles. The van der Waals surface area contributed by atoms with Crippen LogP contribution in [-0.2, 0) is 0 Å². The van der Waals surface area contributed by atoms with E-state index in [-0.39, 0.29) is 11.6 Å². The number of hydrogen-bond acceptors (Lipinski definition) is 3. The number of aryl methyl sites for hydroxylation is 1. The third kappa shape index (κ3) is 2.38. The molecule has 3 rings (SSSR count). The van der Waals surface area contributed by atoms with E-state index < -0.39 is 5.82 Å². The zero-order valence-corrected chi connectivity index (χ0v) is 11.2. The summed E-state index contributed by atoms with van der Waals surface area (Å²) >= 11 is 0. The van der Waals surface area contributed by atoms with Gasteiger partial charge in [0.1, 0.15) is 17.1 Å². The van der Waals surface area contributed by atoms with Crippen LogP contribution < -0.4 is 10.5 Å². The quantitative estimate of drug-likeness (QED) is 0.718. The molecule has 0 unspecified atom stereocenters. The second-order valence-corrected chi connectivity index (χ2v) is 4.69. The zero-order chi connectivity index (χ0) is 15.0. The van der Waals surface area contributed by atoms with Crippen LogP contribution in [0.2, 0.25) is 0 Å². The van der Waals surface area contributed by atoms with Gasteiger partial charge in [0.25, 0.3) is 0 Å². The molecule has 2 aromatic carbocycles. The van der Waals surface area contributed by atoms with Crippen LogP contribution in [0.15, 0.2) is 42.6 Å². The van der Waals surface area contributed by atoms with Crippen LogP contribution in [-0.4, -0.2) is 4.98 Å². The maximum atomic E-state index is 14.1. The van der Waals surface area contributed by atoms with Crippen molar-refractivity contribution in [3.8, 4) is 11.5 Å². The molecule has 1 aromatic heterocycles. The summed E-state index contributed by atoms with van der Waals surface area (Å²) < 4.78 is 32.9. The molecule has 0 bridgehead atoms. The highest BCUT2D eigenvalue weighted by Crippen LogP contribution is 2.34. The molecular formula is C16H12F2N2O. The van der Waals surface area contributed by atoms with Gasteiger partial charge in [0, 0.05) is 23.3 Å². The maximum absolute atomic E-state index is 14.1. The van der Waals surface area contributed by atoms with Crippen molar-refractivity contribution in [3.05, 3.63) is 59.8 Å². The van der Waals surface area contributed by atoms with Crippen LogP contribution in [0.25, 0.3) is 10.9 Å². The van der Waals surface area contributed by atoms with Gasteiger partial charge in [0.15, 0.2) is 11.6 Å². The lowest BCUT2D eigenvalue weighted by Crippen LogP contribution is -1.96. The standard InChI is InChI=1S/C16H12F2N2O/c1-9-7-10(4-5-12(9)17)21-16-13(18)8-14(19)11-3-2-6-20-15(11)16/h2-8H,19H2,1H3. The largest absolute Gasteiger partial charge is 0.452 e. The number of anilines is 1. The second kappa shape index (κ2) is 5.01. The molecule has 0 spiro atoms. The van der Waals surface area contributed by atoms with Gasteiger partial charge in [-0.25, -0.2) is 8.78 Å². The van der Waals surface area contributed by atoms with Crippen LogP contribution >= 0.6 is 0 Å². The van der Waals surface area contributed by atoms with E-state index in [0.717, 1.165) is 0 Å². The predicted molar refractivity (Wildman–Crippen MR) is 77.3 cm³/mol. The summed E-state index contributed by atoms with van der Waals surface area (Å²) in [4.78, 5) is 4.12. The number of hydrogen-bond donors (Lipinski definition) is 1. The fraction of sp³-hybridized carbons (Fsp3) is 0.0625. The summed E-state index contributed by atoms with van der Waals surface area (Å²) in [6.45, 7) is 1.61. The summed E-state index contributed by atoms with van der Waals surface area (Å²) in [6.07, 6.45) is 1.53. The van der Waals surface area contributed by atoms with Crippen molar-refractivity contribution in [3.63, 3.8) is 0 Å². The first kappa shape index (κ1) is 13.3. The Hall–Kier alpha value is -2.69. The van der Waals surface area contributed by atoms with Gasteiger partial charge in [-0.05, 0) is 42.8 Å². The normalized spacial score (nSPS) is 10.8. The van der Waals surface area contributed by atoms with Crippen LogP contribution in [0, 0.1) is 18.6 Å². The number of ether oxygens (including phenoxy) is 1. The van der Waals surface area contributed by atoms with Gasteiger partial charge in [0.2, 0.25) is 0 Å². The van der Waals surface area contributed by atoms with Crippen molar-refractivity contribution in [2.45, 2.75) is 6.92 Å². The first-order valence-electron chi connectivity index (χ1n) is 6.33. The monoisotopic (exact) mass is 286 g/mol. The number of fused-ring (bicyclic) bond motifs is 1. The van der Waals surface area contributed by atoms with E-state index in [4.69, 9.17) is 10.5 Å². The number of nitrogens with two attached hydrogens (primary N) is 1. The number of aromatic nitrogens is 1. The van der Waals surface area contributed by atoms with E-state index in [2.05, 4.69) is 4.98 Å². The molecule has 3 aromatic rings. The molecule has 3 nitrogen and oxygen atoms in total. The molecule has 0 fully saturated rings. The van der Waals surface area contributed by atoms with Crippen LogP contribution in [0.4, 0.5) is 14.5 Å². The Bertz CT molecular complexity index is 834. The van der Waals surface area contributed by atoms with Gasteiger partial charge in [-0.3, -0.25) is 4.98 Å². The van der Waals surface area contributed by atoms with Crippen molar-refractivity contribution in [2.24, 2.45) is 0 Å². The number of nitrogens with zero attached hydrogens (tertiary/aromatic N) is 1. The Morgan fingerprint density at radius 2 is 1.90 bits per heavy atom. The third-order valence-electron chi connectivity index (χ3n) is 3.18. The van der Waals surface area contributed by atoms with Gasteiger partial charge < -0.3 is 10.5 Å². The Morgan fingerprint density at radius 3 is 2.67 bits per heavy atom. The summed E-state index contributed by atoms with van der Waals surface area (Å²) in [5.41, 5.74) is 6.82. The molecule has 21 heavy (non-hydrogen) atoms. The highest BCUT2D eigenvalue weighted by molar-refractivity contribution is 5.94. The first-order valence-corrected chi connectivity index (χ1v) is 6.33. The summed E-state index contributed by atoms with van der Waals surface area (Å²) in [6, 6.07) is 8.85. The lowest BCUT2D eigenvalue weighted by molar-refractivity contribution is 0.445. The first-order chi connectivity index (χ1) is 10.1. The van der Waals surface area contributed by atoms with Gasteiger partial charge in [0.05, 0.1) is 0 Å². The van der Waals surface area contributed by atoms with Crippen molar-refractivity contribution in [2.75, 3.05) is 5.73 Å². The minimum absolute atomic E-state index is 0.0224. The fourth-order valence-corrected chi connectivity index (χ4v) is 2.11. The summed E-state index contributed by atoms with van der Waals surface area (Å²) in [5.74, 6) is -0.640. The lowest BCUT2D eigenvalue weighted by atomic mass is 10.1. The number of rotatable bonds is 2. The highest BCUT2D eigenvalue weighted by atomic mass is 19.1. The Kier molecular flexibility index (Phi) is 3.17. The van der Waals surface area contributed by atoms with Gasteiger partial charge in [-0.15, -0.1) is 0 Å². The topological polar surface area (TPSA) is 48.1 Å². The number of benzene rings is 2. The molecule has 0 saturated heterocycles. The Morgan fingerprint density at radius 1 is 1.10 bits per heavy atom. The van der Waals surface area contributed by atoms with Crippen LogP contribution in [0.5, 0.6) is 11.5 Å². The highest BCUT2D eigenvalue weighted by Gasteiger charge is 2.14. The third-order valence-corrected chi connectivity index (χ3v) is 3.18. The minimum Gasteiger partial charge on any atom is -0.452 e. The van der Waals surface area contributed by atoms with Gasteiger partial charge in [-0.1, -0.05) is 0 Å². The molecule has 106 valence electrons. The zero-order valence-electron chi connectivity index (χ0n) is 11.2. The van der Waals surface area contributed by atoms with Crippen LogP contribution in [0.3, 0.4) is 0 Å². The van der Waals surface area contributed by atoms with Crippen molar-refractivity contribution in [1.82, 2.24) is 4.98 Å². The molecule has 0 radical (unpaired) electrons. The van der Waals surface area contributed by atoms with E-state index in [9.17, 15) is 8.78 Å². The molecule has 0 amide bonds. The second-order valence-electron chi connectivity index (χ2n) is 4.69. The van der Waals surface area contributed by atoms with E-state index >= 15 is 0 Å². The SMILES string of the molecule is Cc1cc(Oc2c(F)cc(N)c3cccnc23)ccc1F. The molecule has 0 atom stereocenters. The number of pyridine rings is 1. The Labute approximate surface area is 120 Å². The number of halogens is 2. The summed E-state index contributed by atoms with van der Waals surface area (Å²) in [5, 5.41) is 0.604. The van der Waals surface area contributed by atoms with E-state index in [1.54, 1.807) is 19.1 Å². The van der Waals surface area contributed by atoms with Crippen LogP contribution in [0.1, 0.15) is 5.56 Å². The number of nitrogen functional groups attached to an aromatic ring is 1. The molecule has 0 aliphatic carbocycles. The molecule has 1 heterocycles. The maximum Gasteiger partial charge on any atom is 0.189 e. The fourth-order valence-electron chi connectivity index (χ4n) is 2.11.